The maximum Gasteiger partial charge on any atom is 0.173 e. The Morgan fingerprint density at radius 1 is 0.931 bits per heavy atom. The molecule has 0 saturated heterocycles. The van der Waals surface area contributed by atoms with Gasteiger partial charge in [-0.05, 0) is 43.3 Å². The Bertz CT molecular complexity index is 1090. The van der Waals surface area contributed by atoms with Gasteiger partial charge in [-0.3, -0.25) is 4.79 Å². The molecule has 0 aliphatic heterocycles. The van der Waals surface area contributed by atoms with Crippen LogP contribution in [0.4, 0.5) is 0 Å². The summed E-state index contributed by atoms with van der Waals surface area (Å²) in [5.74, 6) is 1.92. The van der Waals surface area contributed by atoms with Gasteiger partial charge in [-0.25, -0.2) is 4.98 Å². The first kappa shape index (κ1) is 19.4. The lowest BCUT2D eigenvalue weighted by Gasteiger charge is -2.06. The van der Waals surface area contributed by atoms with E-state index in [4.69, 9.17) is 4.74 Å². The van der Waals surface area contributed by atoms with E-state index >= 15 is 0 Å². The number of ketones is 1. The van der Waals surface area contributed by atoms with Crippen molar-refractivity contribution in [3.63, 3.8) is 0 Å². The smallest absolute Gasteiger partial charge is 0.173 e. The van der Waals surface area contributed by atoms with Gasteiger partial charge in [-0.15, -0.1) is 11.3 Å². The number of thiazole rings is 1. The van der Waals surface area contributed by atoms with Gasteiger partial charge in [0, 0.05) is 16.5 Å². The van der Waals surface area contributed by atoms with Gasteiger partial charge in [0.25, 0.3) is 0 Å². The average molecular weight is 418 g/mol. The lowest BCUT2D eigenvalue weighted by molar-refractivity contribution is 0.102. The monoisotopic (exact) mass is 417 g/mol. The second-order valence-corrected chi connectivity index (χ2v) is 8.60. The quantitative estimate of drug-likeness (QED) is 0.242. The molecule has 0 bridgehead atoms. The Kier molecular flexibility index (Phi) is 6.08. The van der Waals surface area contributed by atoms with Gasteiger partial charge in [0.05, 0.1) is 11.4 Å². The van der Waals surface area contributed by atoms with Crippen molar-refractivity contribution in [3.05, 3.63) is 95.4 Å². The van der Waals surface area contributed by atoms with Crippen LogP contribution < -0.4 is 4.74 Å². The van der Waals surface area contributed by atoms with E-state index in [0.29, 0.717) is 17.1 Å². The predicted molar refractivity (Wildman–Crippen MR) is 120 cm³/mol. The zero-order valence-corrected chi connectivity index (χ0v) is 17.5. The molecule has 144 valence electrons. The number of ether oxygens (including phenoxy) is 1. The number of rotatable bonds is 7. The number of carbonyl (C=O) groups excluding carboxylic acids is 1. The van der Waals surface area contributed by atoms with Crippen molar-refractivity contribution in [2.75, 3.05) is 5.75 Å². The van der Waals surface area contributed by atoms with Crippen molar-refractivity contribution < 1.29 is 9.53 Å². The van der Waals surface area contributed by atoms with Crippen molar-refractivity contribution in [2.45, 2.75) is 11.3 Å². The molecule has 0 atom stereocenters. The molecule has 0 saturated carbocycles. The lowest BCUT2D eigenvalue weighted by Crippen LogP contribution is -2.02. The number of para-hydroxylation sites is 1. The molecule has 4 aromatic rings. The number of aromatic nitrogens is 1. The normalized spacial score (nSPS) is 10.7. The average Bonchev–Trinajstić information content (AvgIpc) is 3.23. The molecule has 3 nitrogen and oxygen atoms in total. The minimum Gasteiger partial charge on any atom is -0.457 e. The van der Waals surface area contributed by atoms with Crippen LogP contribution in [-0.2, 0) is 0 Å². The molecule has 0 N–H and O–H groups in total. The molecule has 4 rings (SSSR count). The van der Waals surface area contributed by atoms with E-state index in [1.807, 2.05) is 47.8 Å². The van der Waals surface area contributed by atoms with Gasteiger partial charge in [0.15, 0.2) is 10.1 Å². The molecule has 0 fully saturated rings. The van der Waals surface area contributed by atoms with Crippen LogP contribution in [0.5, 0.6) is 11.5 Å². The van der Waals surface area contributed by atoms with E-state index in [-0.39, 0.29) is 5.78 Å². The van der Waals surface area contributed by atoms with Crippen LogP contribution in [0, 0.1) is 6.92 Å². The van der Waals surface area contributed by atoms with Gasteiger partial charge in [-0.1, -0.05) is 59.8 Å². The third-order valence-corrected chi connectivity index (χ3v) is 6.33. The van der Waals surface area contributed by atoms with Gasteiger partial charge >= 0.3 is 0 Å². The Labute approximate surface area is 178 Å². The Balaban J connectivity index is 1.34. The second kappa shape index (κ2) is 9.07. The molecule has 0 amide bonds. The van der Waals surface area contributed by atoms with Gasteiger partial charge < -0.3 is 4.74 Å². The maximum absolute atomic E-state index is 12.5. The summed E-state index contributed by atoms with van der Waals surface area (Å²) in [4.78, 5) is 17.2. The van der Waals surface area contributed by atoms with Gasteiger partial charge in [0.2, 0.25) is 0 Å². The number of thioether (sulfide) groups is 1. The van der Waals surface area contributed by atoms with E-state index in [9.17, 15) is 4.79 Å². The fraction of sp³-hybridized carbons (Fsp3) is 0.0833. The Morgan fingerprint density at radius 3 is 2.34 bits per heavy atom. The fourth-order valence-corrected chi connectivity index (χ4v) is 4.45. The summed E-state index contributed by atoms with van der Waals surface area (Å²) >= 11 is 3.04. The first-order valence-corrected chi connectivity index (χ1v) is 11.1. The van der Waals surface area contributed by atoms with E-state index in [0.717, 1.165) is 21.3 Å². The Hall–Kier alpha value is -2.89. The standard InChI is InChI=1S/C24H19NO2S2/c1-17-7-9-18(10-8-17)22-15-28-24(25-22)29-16-23(26)19-11-13-21(14-12-19)27-20-5-3-2-4-6-20/h2-15H,16H2,1H3. The van der Waals surface area contributed by atoms with Crippen LogP contribution in [0.2, 0.25) is 0 Å². The van der Waals surface area contributed by atoms with E-state index < -0.39 is 0 Å². The number of Topliss-reactive ketones (excluding diaryl/α,β-unsaturated/α-hetero) is 1. The van der Waals surface area contributed by atoms with Crippen LogP contribution in [-0.4, -0.2) is 16.5 Å². The van der Waals surface area contributed by atoms with E-state index in [1.54, 1.807) is 23.5 Å². The van der Waals surface area contributed by atoms with E-state index in [1.165, 1.54) is 17.3 Å². The van der Waals surface area contributed by atoms with Gasteiger partial charge in [0.1, 0.15) is 11.5 Å². The largest absolute Gasteiger partial charge is 0.457 e. The van der Waals surface area contributed by atoms with E-state index in [2.05, 4.69) is 36.2 Å². The van der Waals surface area contributed by atoms with Crippen LogP contribution in [0.1, 0.15) is 15.9 Å². The molecule has 5 heteroatoms. The van der Waals surface area contributed by atoms with Crippen molar-refractivity contribution in [1.82, 2.24) is 4.98 Å². The molecular formula is C24H19NO2S2. The summed E-state index contributed by atoms with van der Waals surface area (Å²) < 4.78 is 6.67. The van der Waals surface area contributed by atoms with Crippen molar-refractivity contribution in [3.8, 4) is 22.8 Å². The first-order chi connectivity index (χ1) is 14.2. The second-order valence-electron chi connectivity index (χ2n) is 6.52. The third kappa shape index (κ3) is 5.13. The third-order valence-electron chi connectivity index (χ3n) is 4.31. The molecule has 0 radical (unpaired) electrons. The Morgan fingerprint density at radius 2 is 1.62 bits per heavy atom. The number of aryl methyl sites for hydroxylation is 1. The number of hydrogen-bond donors (Lipinski definition) is 0. The molecule has 3 aromatic carbocycles. The maximum atomic E-state index is 12.5. The summed E-state index contributed by atoms with van der Waals surface area (Å²) in [5.41, 5.74) is 3.95. The molecule has 0 unspecified atom stereocenters. The minimum absolute atomic E-state index is 0.0772. The van der Waals surface area contributed by atoms with Gasteiger partial charge in [-0.2, -0.15) is 0 Å². The molecule has 0 aliphatic carbocycles. The first-order valence-electron chi connectivity index (χ1n) is 9.19. The summed E-state index contributed by atoms with van der Waals surface area (Å²) in [6.07, 6.45) is 0. The summed E-state index contributed by atoms with van der Waals surface area (Å²) in [7, 11) is 0. The fourth-order valence-electron chi connectivity index (χ4n) is 2.72. The number of nitrogens with zero attached hydrogens (tertiary/aromatic N) is 1. The van der Waals surface area contributed by atoms with Crippen LogP contribution in [0.25, 0.3) is 11.3 Å². The molecular weight excluding hydrogens is 398 g/mol. The molecule has 0 spiro atoms. The zero-order chi connectivity index (χ0) is 20.1. The molecule has 1 heterocycles. The lowest BCUT2D eigenvalue weighted by atomic mass is 10.1. The SMILES string of the molecule is Cc1ccc(-c2csc(SCC(=O)c3ccc(Oc4ccccc4)cc3)n2)cc1. The highest BCUT2D eigenvalue weighted by Gasteiger charge is 2.10. The number of hydrogen-bond acceptors (Lipinski definition) is 5. The molecule has 1 aromatic heterocycles. The van der Waals surface area contributed by atoms with Crippen molar-refractivity contribution >= 4 is 28.9 Å². The summed E-state index contributed by atoms with van der Waals surface area (Å²) in [5, 5.41) is 2.03. The van der Waals surface area contributed by atoms with Crippen molar-refractivity contribution in [1.29, 1.82) is 0 Å². The number of benzene rings is 3. The summed E-state index contributed by atoms with van der Waals surface area (Å²) in [6, 6.07) is 25.1. The van der Waals surface area contributed by atoms with Crippen LogP contribution in [0.15, 0.2) is 88.6 Å². The summed E-state index contributed by atoms with van der Waals surface area (Å²) in [6.45, 7) is 2.07. The van der Waals surface area contributed by atoms with Crippen LogP contribution in [0.3, 0.4) is 0 Å². The zero-order valence-electron chi connectivity index (χ0n) is 15.9. The molecule has 0 aliphatic rings. The predicted octanol–water partition coefficient (Wildman–Crippen LogP) is 6.89. The van der Waals surface area contributed by atoms with Crippen molar-refractivity contribution in [2.24, 2.45) is 0 Å². The molecule has 29 heavy (non-hydrogen) atoms. The highest BCUT2D eigenvalue weighted by molar-refractivity contribution is 8.01. The highest BCUT2D eigenvalue weighted by Crippen LogP contribution is 2.29. The van der Waals surface area contributed by atoms with Crippen LogP contribution >= 0.6 is 23.1 Å². The minimum atomic E-state index is 0.0772. The topological polar surface area (TPSA) is 39.2 Å². The number of carbonyl (C=O) groups is 1. The highest BCUT2D eigenvalue weighted by atomic mass is 32.2.